The zero-order valence-corrected chi connectivity index (χ0v) is 12.7. The van der Waals surface area contributed by atoms with E-state index in [0.29, 0.717) is 25.8 Å². The fourth-order valence-corrected chi connectivity index (χ4v) is 3.67. The average Bonchev–Trinajstić information content (AvgIpc) is 2.88. The normalized spacial score (nSPS) is 34.2. The molecule has 0 aromatic rings. The molecule has 1 amide bonds. The van der Waals surface area contributed by atoms with Crippen LogP contribution in [0.25, 0.3) is 0 Å². The van der Waals surface area contributed by atoms with Gasteiger partial charge in [-0.05, 0) is 31.7 Å². The fraction of sp³-hybridized carbons (Fsp3) is 0.933. The van der Waals surface area contributed by atoms with E-state index in [-0.39, 0.29) is 18.2 Å². The predicted octanol–water partition coefficient (Wildman–Crippen LogP) is 2.86. The summed E-state index contributed by atoms with van der Waals surface area (Å²) in [6.45, 7) is 5.24. The highest BCUT2D eigenvalue weighted by molar-refractivity contribution is 5.84. The van der Waals surface area contributed by atoms with Crippen molar-refractivity contribution in [2.75, 3.05) is 13.1 Å². The predicted molar refractivity (Wildman–Crippen MR) is 74.7 cm³/mol. The van der Waals surface area contributed by atoms with E-state index in [1.165, 1.54) is 0 Å². The molecule has 3 atom stereocenters. The smallest absolute Gasteiger partial charge is 0.352 e. The third-order valence-corrected chi connectivity index (χ3v) is 5.25. The van der Waals surface area contributed by atoms with Gasteiger partial charge in [-0.2, -0.15) is 13.2 Å². The lowest BCUT2D eigenvalue weighted by Gasteiger charge is -2.38. The third-order valence-electron chi connectivity index (χ3n) is 5.25. The Bertz CT molecular complexity index is 376. The Morgan fingerprint density at radius 3 is 2.48 bits per heavy atom. The summed E-state index contributed by atoms with van der Waals surface area (Å²) >= 11 is 0. The topological polar surface area (TPSA) is 41.1 Å². The maximum Gasteiger partial charge on any atom is 0.393 e. The summed E-state index contributed by atoms with van der Waals surface area (Å²) in [7, 11) is 0. The molecule has 0 spiro atoms. The SMILES string of the molecule is CC(C)C1(C(=O)NC2CCCCC2C(F)(F)F)CCNC1. The molecule has 1 heterocycles. The van der Waals surface area contributed by atoms with Crippen LogP contribution in [-0.2, 0) is 4.79 Å². The molecule has 1 aliphatic heterocycles. The number of rotatable bonds is 3. The van der Waals surface area contributed by atoms with E-state index in [9.17, 15) is 18.0 Å². The van der Waals surface area contributed by atoms with Gasteiger partial charge in [0.15, 0.2) is 0 Å². The molecular formula is C15H25F3N2O. The van der Waals surface area contributed by atoms with Gasteiger partial charge in [0.1, 0.15) is 0 Å². The van der Waals surface area contributed by atoms with Gasteiger partial charge in [-0.1, -0.05) is 26.7 Å². The van der Waals surface area contributed by atoms with Crippen molar-refractivity contribution in [1.82, 2.24) is 10.6 Å². The lowest BCUT2D eigenvalue weighted by atomic mass is 9.74. The largest absolute Gasteiger partial charge is 0.393 e. The lowest BCUT2D eigenvalue weighted by Crippen LogP contribution is -2.54. The van der Waals surface area contributed by atoms with Crippen molar-refractivity contribution in [1.29, 1.82) is 0 Å². The van der Waals surface area contributed by atoms with Crippen LogP contribution >= 0.6 is 0 Å². The summed E-state index contributed by atoms with van der Waals surface area (Å²) in [5.74, 6) is -1.49. The molecule has 6 heteroatoms. The van der Waals surface area contributed by atoms with Gasteiger partial charge in [0.2, 0.25) is 5.91 Å². The van der Waals surface area contributed by atoms with Crippen molar-refractivity contribution < 1.29 is 18.0 Å². The summed E-state index contributed by atoms with van der Waals surface area (Å²) in [6, 6.07) is -0.762. The molecule has 2 N–H and O–H groups in total. The van der Waals surface area contributed by atoms with Crippen LogP contribution in [0.4, 0.5) is 13.2 Å². The zero-order chi connectivity index (χ0) is 15.7. The van der Waals surface area contributed by atoms with Gasteiger partial charge in [-0.25, -0.2) is 0 Å². The van der Waals surface area contributed by atoms with Crippen LogP contribution in [0, 0.1) is 17.3 Å². The Morgan fingerprint density at radius 2 is 1.95 bits per heavy atom. The molecule has 0 bridgehead atoms. The van der Waals surface area contributed by atoms with Gasteiger partial charge >= 0.3 is 6.18 Å². The van der Waals surface area contributed by atoms with E-state index in [0.717, 1.165) is 13.0 Å². The summed E-state index contributed by atoms with van der Waals surface area (Å²) in [4.78, 5) is 12.6. The van der Waals surface area contributed by atoms with Gasteiger partial charge in [-0.15, -0.1) is 0 Å². The number of hydrogen-bond donors (Lipinski definition) is 2. The first-order valence-corrected chi connectivity index (χ1v) is 7.86. The molecule has 0 aromatic carbocycles. The Hall–Kier alpha value is -0.780. The molecule has 3 unspecified atom stereocenters. The number of carbonyl (C=O) groups is 1. The highest BCUT2D eigenvalue weighted by Gasteiger charge is 2.49. The van der Waals surface area contributed by atoms with E-state index < -0.39 is 23.6 Å². The molecule has 3 nitrogen and oxygen atoms in total. The molecule has 0 radical (unpaired) electrons. The van der Waals surface area contributed by atoms with Crippen LogP contribution in [0.3, 0.4) is 0 Å². The average molecular weight is 306 g/mol. The number of nitrogens with one attached hydrogen (secondary N) is 2. The zero-order valence-electron chi connectivity index (χ0n) is 12.7. The van der Waals surface area contributed by atoms with E-state index >= 15 is 0 Å². The molecule has 1 aliphatic carbocycles. The Kier molecular flexibility index (Phi) is 4.85. The third kappa shape index (κ3) is 3.35. The molecule has 1 saturated carbocycles. The number of carbonyl (C=O) groups excluding carboxylic acids is 1. The molecule has 21 heavy (non-hydrogen) atoms. The Balaban J connectivity index is 2.09. The second-order valence-electron chi connectivity index (χ2n) is 6.75. The molecule has 1 saturated heterocycles. The summed E-state index contributed by atoms with van der Waals surface area (Å²) in [5.41, 5.74) is -0.562. The highest BCUT2D eigenvalue weighted by Crippen LogP contribution is 2.39. The van der Waals surface area contributed by atoms with E-state index in [1.54, 1.807) is 0 Å². The van der Waals surface area contributed by atoms with Crippen LogP contribution in [0.2, 0.25) is 0 Å². The van der Waals surface area contributed by atoms with Crippen molar-refractivity contribution in [2.45, 2.75) is 58.2 Å². The van der Waals surface area contributed by atoms with Gasteiger partial charge in [-0.3, -0.25) is 4.79 Å². The van der Waals surface area contributed by atoms with Crippen molar-refractivity contribution in [3.8, 4) is 0 Å². The summed E-state index contributed by atoms with van der Waals surface area (Å²) < 4.78 is 39.3. The summed E-state index contributed by atoms with van der Waals surface area (Å²) in [6.07, 6.45) is -1.63. The quantitative estimate of drug-likeness (QED) is 0.842. The van der Waals surface area contributed by atoms with Crippen molar-refractivity contribution in [3.05, 3.63) is 0 Å². The minimum atomic E-state index is -4.22. The molecule has 2 fully saturated rings. The molecule has 2 aliphatic rings. The van der Waals surface area contributed by atoms with E-state index in [4.69, 9.17) is 0 Å². The maximum atomic E-state index is 13.1. The molecule has 122 valence electrons. The number of hydrogen-bond acceptors (Lipinski definition) is 2. The Labute approximate surface area is 124 Å². The Morgan fingerprint density at radius 1 is 1.29 bits per heavy atom. The van der Waals surface area contributed by atoms with Gasteiger partial charge < -0.3 is 10.6 Å². The molecular weight excluding hydrogens is 281 g/mol. The first-order chi connectivity index (χ1) is 9.77. The van der Waals surface area contributed by atoms with Crippen LogP contribution in [0.5, 0.6) is 0 Å². The van der Waals surface area contributed by atoms with Gasteiger partial charge in [0.05, 0.1) is 11.3 Å². The first kappa shape index (κ1) is 16.6. The highest BCUT2D eigenvalue weighted by atomic mass is 19.4. The first-order valence-electron chi connectivity index (χ1n) is 7.86. The minimum Gasteiger partial charge on any atom is -0.352 e. The van der Waals surface area contributed by atoms with Crippen molar-refractivity contribution in [2.24, 2.45) is 17.3 Å². The van der Waals surface area contributed by atoms with Crippen molar-refractivity contribution >= 4 is 5.91 Å². The minimum absolute atomic E-state index is 0.112. The van der Waals surface area contributed by atoms with Crippen LogP contribution in [0.15, 0.2) is 0 Å². The van der Waals surface area contributed by atoms with Gasteiger partial charge in [0.25, 0.3) is 0 Å². The van der Waals surface area contributed by atoms with E-state index in [2.05, 4.69) is 10.6 Å². The van der Waals surface area contributed by atoms with Crippen molar-refractivity contribution in [3.63, 3.8) is 0 Å². The second-order valence-corrected chi connectivity index (χ2v) is 6.75. The maximum absolute atomic E-state index is 13.1. The van der Waals surface area contributed by atoms with Crippen LogP contribution < -0.4 is 10.6 Å². The number of amides is 1. The number of alkyl halides is 3. The molecule has 0 aromatic heterocycles. The van der Waals surface area contributed by atoms with Crippen LogP contribution in [0.1, 0.15) is 46.0 Å². The lowest BCUT2D eigenvalue weighted by molar-refractivity contribution is -0.189. The molecule has 2 rings (SSSR count). The number of halogens is 3. The summed E-state index contributed by atoms with van der Waals surface area (Å²) in [5, 5.41) is 5.91. The fourth-order valence-electron chi connectivity index (χ4n) is 3.67. The monoisotopic (exact) mass is 306 g/mol. The second kappa shape index (κ2) is 6.15. The van der Waals surface area contributed by atoms with Crippen LogP contribution in [-0.4, -0.2) is 31.2 Å². The van der Waals surface area contributed by atoms with E-state index in [1.807, 2.05) is 13.8 Å². The van der Waals surface area contributed by atoms with Gasteiger partial charge in [0, 0.05) is 12.6 Å². The standard InChI is InChI=1S/C15H25F3N2O/c1-10(2)14(7-8-19-9-14)13(21)20-12-6-4-3-5-11(12)15(16,17)18/h10-12,19H,3-9H2,1-2H3,(H,20,21).